The van der Waals surface area contributed by atoms with E-state index < -0.39 is 78.3 Å². The van der Waals surface area contributed by atoms with E-state index in [1.165, 1.54) is 0 Å². The average molecular weight is 481 g/mol. The van der Waals surface area contributed by atoms with Crippen molar-refractivity contribution in [2.45, 2.75) is 55.7 Å². The van der Waals surface area contributed by atoms with Crippen LogP contribution in [0.4, 0.5) is 0 Å². The first-order chi connectivity index (χ1) is 14.2. The van der Waals surface area contributed by atoms with Crippen molar-refractivity contribution in [1.29, 1.82) is 0 Å². The third-order valence-corrected chi connectivity index (χ3v) is 3.92. The van der Waals surface area contributed by atoms with E-state index in [1.54, 1.807) is 0 Å². The molecule has 0 spiro atoms. The summed E-state index contributed by atoms with van der Waals surface area (Å²) in [7, 11) is -4.99. The van der Waals surface area contributed by atoms with Gasteiger partial charge in [-0.15, -0.1) is 0 Å². The van der Waals surface area contributed by atoms with Crippen LogP contribution in [0.1, 0.15) is 6.92 Å². The zero-order valence-corrected chi connectivity index (χ0v) is 16.9. The van der Waals surface area contributed by atoms with Crippen LogP contribution in [-0.2, 0) is 29.0 Å². The Balaban J connectivity index is 0. The molecule has 0 heterocycles. The molecule has 31 heavy (non-hydrogen) atoms. The van der Waals surface area contributed by atoms with Gasteiger partial charge in [-0.3, -0.25) is 9.35 Å². The maximum absolute atomic E-state index is 10.6. The Bertz CT molecular complexity index is 644. The molecular weight excluding hydrogens is 454 g/mol. The Morgan fingerprint density at radius 2 is 1.29 bits per heavy atom. The second-order valence-electron chi connectivity index (χ2n) is 5.95. The standard InChI is InChI=1S/C8H15NO6.C6H12O9S/c1-4(12)9-5(2-10)7(14)8(15)6(13)3-11;7-1-3(9)5(10)6(11)4(2-8)15-16(12,13)14/h2,5-8,11,13-15H,3H2,1H3,(H,9,12);2-7,9-11H,1H2,(H,12,13,14)/t5-,6-,7-,8-;3-,4-,5-,6-/m11/s1. The predicted octanol–water partition coefficient (Wildman–Crippen LogP) is -6.79. The number of hydrogen-bond donors (Lipinski definition) is 10. The van der Waals surface area contributed by atoms with Crippen LogP contribution in [0.25, 0.3) is 0 Å². The number of hydrogen-bond acceptors (Lipinski definition) is 14. The zero-order valence-electron chi connectivity index (χ0n) is 16.1. The number of aliphatic hydroxyl groups is 8. The van der Waals surface area contributed by atoms with Crippen LogP contribution in [0.15, 0.2) is 0 Å². The topological polar surface area (TPSA) is 289 Å². The number of carbonyl (C=O) groups excluding carboxylic acids is 3. The minimum atomic E-state index is -4.99. The summed E-state index contributed by atoms with van der Waals surface area (Å²) in [5.74, 6) is -0.558. The fraction of sp³-hybridized carbons (Fsp3) is 0.786. The highest BCUT2D eigenvalue weighted by atomic mass is 32.3. The van der Waals surface area contributed by atoms with E-state index in [0.29, 0.717) is 0 Å². The third-order valence-electron chi connectivity index (χ3n) is 3.45. The summed E-state index contributed by atoms with van der Waals surface area (Å²) < 4.78 is 32.4. The third kappa shape index (κ3) is 12.7. The summed E-state index contributed by atoms with van der Waals surface area (Å²) in [5.41, 5.74) is 0. The van der Waals surface area contributed by atoms with Crippen molar-refractivity contribution in [2.75, 3.05) is 13.2 Å². The van der Waals surface area contributed by atoms with Gasteiger partial charge in [0.25, 0.3) is 0 Å². The van der Waals surface area contributed by atoms with Gasteiger partial charge in [-0.25, -0.2) is 4.18 Å². The Kier molecular flexibility index (Phi) is 15.5. The Morgan fingerprint density at radius 3 is 1.58 bits per heavy atom. The summed E-state index contributed by atoms with van der Waals surface area (Å²) in [4.78, 5) is 31.4. The molecule has 0 saturated carbocycles. The number of rotatable bonds is 13. The van der Waals surface area contributed by atoms with Crippen molar-refractivity contribution < 1.29 is 72.4 Å². The Labute approximate surface area is 176 Å². The minimum Gasteiger partial charge on any atom is -0.394 e. The molecule has 0 aliphatic carbocycles. The van der Waals surface area contributed by atoms with Gasteiger partial charge in [0.05, 0.1) is 13.2 Å². The van der Waals surface area contributed by atoms with Crippen molar-refractivity contribution in [3.63, 3.8) is 0 Å². The van der Waals surface area contributed by atoms with E-state index in [2.05, 4.69) is 9.50 Å². The van der Waals surface area contributed by atoms with E-state index >= 15 is 0 Å². The lowest BCUT2D eigenvalue weighted by Gasteiger charge is -2.25. The summed E-state index contributed by atoms with van der Waals surface area (Å²) in [6.07, 6.45) is -12.9. The molecule has 0 rings (SSSR count). The van der Waals surface area contributed by atoms with Crippen LogP contribution in [0.5, 0.6) is 0 Å². The molecule has 0 bridgehead atoms. The van der Waals surface area contributed by atoms with Gasteiger partial charge in [-0.2, -0.15) is 8.42 Å². The Hall–Kier alpha value is -1.64. The van der Waals surface area contributed by atoms with E-state index in [1.807, 2.05) is 0 Å². The lowest BCUT2D eigenvalue weighted by atomic mass is 10.0. The summed E-state index contributed by atoms with van der Waals surface area (Å²) in [5, 5.41) is 73.8. The van der Waals surface area contributed by atoms with Gasteiger partial charge in [0.1, 0.15) is 49.0 Å². The molecule has 0 aromatic rings. The maximum Gasteiger partial charge on any atom is 0.398 e. The SMILES string of the molecule is CC(=O)N[C@H](C=O)[C@@H](O)[C@H](O)[C@H](O)CO.O=C[C@@H](OS(=O)(=O)O)[C@@H](O)[C@H](O)[C@H](O)CO. The zero-order chi connectivity index (χ0) is 24.9. The van der Waals surface area contributed by atoms with Gasteiger partial charge in [0.15, 0.2) is 12.4 Å². The molecule has 1 amide bonds. The van der Waals surface area contributed by atoms with Crippen LogP contribution in [0, 0.1) is 0 Å². The minimum absolute atomic E-state index is 0.189. The van der Waals surface area contributed by atoms with Crippen LogP contribution in [0.3, 0.4) is 0 Å². The predicted molar refractivity (Wildman–Crippen MR) is 96.4 cm³/mol. The lowest BCUT2D eigenvalue weighted by molar-refractivity contribution is -0.133. The molecule has 0 radical (unpaired) electrons. The van der Waals surface area contributed by atoms with Gasteiger partial charge in [-0.05, 0) is 0 Å². The number of aldehydes is 2. The summed E-state index contributed by atoms with van der Waals surface area (Å²) >= 11 is 0. The largest absolute Gasteiger partial charge is 0.398 e. The first-order valence-electron chi connectivity index (χ1n) is 8.30. The van der Waals surface area contributed by atoms with Gasteiger partial charge in [0.2, 0.25) is 5.91 Å². The molecule has 0 aromatic heterocycles. The van der Waals surface area contributed by atoms with Gasteiger partial charge >= 0.3 is 10.4 Å². The van der Waals surface area contributed by atoms with Crippen LogP contribution in [0.2, 0.25) is 0 Å². The molecule has 8 atom stereocenters. The van der Waals surface area contributed by atoms with Crippen LogP contribution < -0.4 is 5.32 Å². The quantitative estimate of drug-likeness (QED) is 0.0863. The molecule has 0 fully saturated rings. The number of nitrogens with one attached hydrogen (secondary N) is 1. The van der Waals surface area contributed by atoms with Crippen molar-refractivity contribution >= 4 is 28.9 Å². The molecule has 17 heteroatoms. The second-order valence-corrected chi connectivity index (χ2v) is 7.00. The fourth-order valence-electron chi connectivity index (χ4n) is 1.81. The van der Waals surface area contributed by atoms with E-state index in [4.69, 9.17) is 30.1 Å². The molecule has 0 aliphatic rings. The molecule has 0 aromatic carbocycles. The molecule has 184 valence electrons. The Morgan fingerprint density at radius 1 is 0.871 bits per heavy atom. The summed E-state index contributed by atoms with van der Waals surface area (Å²) in [6, 6.07) is -1.32. The van der Waals surface area contributed by atoms with Crippen molar-refractivity contribution in [1.82, 2.24) is 5.32 Å². The first-order valence-corrected chi connectivity index (χ1v) is 9.66. The number of aliphatic hydroxyl groups excluding tert-OH is 8. The van der Waals surface area contributed by atoms with E-state index in [0.717, 1.165) is 6.92 Å². The van der Waals surface area contributed by atoms with E-state index in [-0.39, 0.29) is 12.6 Å². The van der Waals surface area contributed by atoms with Crippen molar-refractivity contribution in [2.24, 2.45) is 0 Å². The van der Waals surface area contributed by atoms with Crippen molar-refractivity contribution in [3.8, 4) is 0 Å². The van der Waals surface area contributed by atoms with E-state index in [9.17, 15) is 38.1 Å². The monoisotopic (exact) mass is 481 g/mol. The highest BCUT2D eigenvalue weighted by molar-refractivity contribution is 7.80. The van der Waals surface area contributed by atoms with Gasteiger partial charge in [0, 0.05) is 6.92 Å². The molecule has 0 unspecified atom stereocenters. The molecule has 10 N–H and O–H groups in total. The lowest BCUT2D eigenvalue weighted by Crippen LogP contribution is -2.53. The van der Waals surface area contributed by atoms with Crippen LogP contribution in [-0.4, -0.2) is 134 Å². The van der Waals surface area contributed by atoms with Crippen molar-refractivity contribution in [3.05, 3.63) is 0 Å². The fourth-order valence-corrected chi connectivity index (χ4v) is 2.25. The van der Waals surface area contributed by atoms with Gasteiger partial charge in [-0.1, -0.05) is 0 Å². The maximum atomic E-state index is 10.6. The van der Waals surface area contributed by atoms with Crippen LogP contribution >= 0.6 is 0 Å². The highest BCUT2D eigenvalue weighted by Crippen LogP contribution is 2.08. The molecule has 0 saturated heterocycles. The second kappa shape index (κ2) is 15.2. The first kappa shape index (κ1) is 31.5. The molecule has 0 aliphatic heterocycles. The molecular formula is C14H27NO15S. The summed E-state index contributed by atoms with van der Waals surface area (Å²) in [6.45, 7) is -0.544. The number of carbonyl (C=O) groups is 3. The molecule has 16 nitrogen and oxygen atoms in total. The average Bonchev–Trinajstić information content (AvgIpc) is 2.71. The number of amides is 1. The normalized spacial score (nSPS) is 19.3. The highest BCUT2D eigenvalue weighted by Gasteiger charge is 2.34. The van der Waals surface area contributed by atoms with Gasteiger partial charge < -0.3 is 55.8 Å². The smallest absolute Gasteiger partial charge is 0.394 e.